The first-order valence-corrected chi connectivity index (χ1v) is 14.2. The quantitative estimate of drug-likeness (QED) is 0.563. The molecule has 8 heteroatoms. The molecule has 1 aromatic carbocycles. The van der Waals surface area contributed by atoms with Crippen molar-refractivity contribution in [2.24, 2.45) is 11.8 Å². The van der Waals surface area contributed by atoms with Gasteiger partial charge in [0.1, 0.15) is 6.10 Å². The fraction of sp³-hybridized carbons (Fsp3) is 0.720. The van der Waals surface area contributed by atoms with Crippen LogP contribution in [0.5, 0.6) is 0 Å². The molecule has 1 aliphatic carbocycles. The number of nitrogens with zero attached hydrogens (tertiary/aromatic N) is 1. The second kappa shape index (κ2) is 9.84. The Kier molecular flexibility index (Phi) is 7.44. The molecule has 0 spiro atoms. The normalized spacial score (nSPS) is 35.2. The van der Waals surface area contributed by atoms with Crippen LogP contribution in [0.15, 0.2) is 29.2 Å². The van der Waals surface area contributed by atoms with Crippen molar-refractivity contribution in [3.63, 3.8) is 0 Å². The van der Waals surface area contributed by atoms with Crippen LogP contribution in [0, 0.1) is 11.8 Å². The molecule has 33 heavy (non-hydrogen) atoms. The topological polar surface area (TPSA) is 83.9 Å². The lowest BCUT2D eigenvalue weighted by atomic mass is 9.76. The van der Waals surface area contributed by atoms with Crippen molar-refractivity contribution >= 4 is 27.6 Å². The van der Waals surface area contributed by atoms with Crippen LogP contribution in [-0.2, 0) is 19.6 Å². The minimum Gasteiger partial charge on any atom is -0.460 e. The molecule has 6 nitrogen and oxygen atoms in total. The molecule has 184 valence electrons. The van der Waals surface area contributed by atoms with Crippen molar-refractivity contribution < 1.29 is 23.1 Å². The molecule has 2 saturated heterocycles. The number of benzene rings is 1. The zero-order valence-electron chi connectivity index (χ0n) is 19.6. The van der Waals surface area contributed by atoms with Gasteiger partial charge in [-0.3, -0.25) is 4.79 Å². The molecule has 0 aromatic heterocycles. The maximum atomic E-state index is 13.6. The number of aliphatic hydroxyl groups is 1. The summed E-state index contributed by atoms with van der Waals surface area (Å²) in [4.78, 5) is 13.3. The molecular formula is C25H36ClNO5S. The SMILES string of the molecule is CCCC1(O)CCC(C(=O)O[C@H]2CCC3C[C@@H](C)CC2N3S(=O)(=O)c2ccc(Cl)cc2)CC1. The van der Waals surface area contributed by atoms with Gasteiger partial charge in [0, 0.05) is 11.1 Å². The lowest BCUT2D eigenvalue weighted by Gasteiger charge is -2.50. The Morgan fingerprint density at radius 1 is 1.15 bits per heavy atom. The van der Waals surface area contributed by atoms with Gasteiger partial charge in [0.25, 0.3) is 0 Å². The molecule has 4 rings (SSSR count). The molecule has 2 heterocycles. The van der Waals surface area contributed by atoms with Gasteiger partial charge in [-0.15, -0.1) is 0 Å². The van der Waals surface area contributed by atoms with Crippen molar-refractivity contribution in [1.82, 2.24) is 4.31 Å². The number of hydrogen-bond acceptors (Lipinski definition) is 5. The summed E-state index contributed by atoms with van der Waals surface area (Å²) in [5.74, 6) is -0.0850. The molecule has 1 aromatic rings. The third kappa shape index (κ3) is 5.26. The number of piperidine rings is 2. The summed E-state index contributed by atoms with van der Waals surface area (Å²) in [7, 11) is -3.73. The molecule has 2 unspecified atom stereocenters. The van der Waals surface area contributed by atoms with Gasteiger partial charge < -0.3 is 9.84 Å². The van der Waals surface area contributed by atoms with E-state index >= 15 is 0 Å². The average molecular weight is 498 g/mol. The first-order valence-electron chi connectivity index (χ1n) is 12.3. The monoisotopic (exact) mass is 497 g/mol. The molecular weight excluding hydrogens is 462 g/mol. The van der Waals surface area contributed by atoms with Crippen LogP contribution < -0.4 is 0 Å². The van der Waals surface area contributed by atoms with Crippen LogP contribution in [0.2, 0.25) is 5.02 Å². The highest BCUT2D eigenvalue weighted by molar-refractivity contribution is 7.89. The minimum atomic E-state index is -3.73. The van der Waals surface area contributed by atoms with E-state index < -0.39 is 21.7 Å². The van der Waals surface area contributed by atoms with Gasteiger partial charge in [0.2, 0.25) is 10.0 Å². The zero-order valence-corrected chi connectivity index (χ0v) is 21.2. The molecule has 2 bridgehead atoms. The van der Waals surface area contributed by atoms with Gasteiger partial charge in [-0.2, -0.15) is 4.31 Å². The number of halogens is 1. The van der Waals surface area contributed by atoms with E-state index in [0.717, 1.165) is 19.3 Å². The van der Waals surface area contributed by atoms with Crippen LogP contribution in [0.3, 0.4) is 0 Å². The number of fused-ring (bicyclic) bond motifs is 2. The van der Waals surface area contributed by atoms with Crippen LogP contribution in [0.25, 0.3) is 0 Å². The van der Waals surface area contributed by atoms with E-state index in [4.69, 9.17) is 16.3 Å². The van der Waals surface area contributed by atoms with Gasteiger partial charge in [0.05, 0.1) is 22.5 Å². The van der Waals surface area contributed by atoms with E-state index in [9.17, 15) is 18.3 Å². The number of esters is 1. The van der Waals surface area contributed by atoms with Gasteiger partial charge in [0.15, 0.2) is 0 Å². The van der Waals surface area contributed by atoms with Crippen molar-refractivity contribution in [3.8, 4) is 0 Å². The maximum absolute atomic E-state index is 13.6. The third-order valence-corrected chi connectivity index (χ3v) is 10.1. The summed E-state index contributed by atoms with van der Waals surface area (Å²) in [6, 6.07) is 5.86. The Hall–Kier alpha value is -1.15. The molecule has 1 N–H and O–H groups in total. The Morgan fingerprint density at radius 3 is 2.45 bits per heavy atom. The second-order valence-corrected chi connectivity index (χ2v) is 12.7. The summed E-state index contributed by atoms with van der Waals surface area (Å²) in [6.45, 7) is 4.20. The molecule has 0 radical (unpaired) electrons. The number of ether oxygens (including phenoxy) is 1. The molecule has 2 aliphatic heterocycles. The highest BCUT2D eigenvalue weighted by Crippen LogP contribution is 2.42. The van der Waals surface area contributed by atoms with Crippen molar-refractivity contribution in [2.45, 2.75) is 107 Å². The van der Waals surface area contributed by atoms with Gasteiger partial charge in [-0.25, -0.2) is 8.42 Å². The summed E-state index contributed by atoms with van der Waals surface area (Å²) >= 11 is 5.97. The maximum Gasteiger partial charge on any atom is 0.309 e. The molecule has 4 atom stereocenters. The number of hydrogen-bond donors (Lipinski definition) is 1. The van der Waals surface area contributed by atoms with Gasteiger partial charge >= 0.3 is 5.97 Å². The summed E-state index contributed by atoms with van der Waals surface area (Å²) in [5.41, 5.74) is -0.661. The highest BCUT2D eigenvalue weighted by Gasteiger charge is 2.50. The highest BCUT2D eigenvalue weighted by atomic mass is 35.5. The molecule has 0 amide bonds. The number of rotatable bonds is 6. The standard InChI is InChI=1S/C25H36ClNO5S/c1-3-12-25(29)13-10-18(11-14-25)24(28)32-23-9-6-20-15-17(2)16-22(23)27(20)33(30,31)21-7-4-19(26)5-8-21/h4-5,7-8,17-18,20,22-23,29H,3,6,9-16H2,1-2H3/t17-,18?,20?,22?,23+,25?/m1/s1. The van der Waals surface area contributed by atoms with E-state index in [0.29, 0.717) is 55.9 Å². The van der Waals surface area contributed by atoms with Crippen LogP contribution in [-0.4, -0.2) is 47.6 Å². The van der Waals surface area contributed by atoms with Gasteiger partial charge in [-0.05, 0) is 88.0 Å². The smallest absolute Gasteiger partial charge is 0.309 e. The third-order valence-electron chi connectivity index (χ3n) is 7.84. The lowest BCUT2D eigenvalue weighted by molar-refractivity contribution is -0.164. The Balaban J connectivity index is 1.49. The Labute approximate surface area is 202 Å². The second-order valence-electron chi connectivity index (χ2n) is 10.4. The Bertz CT molecular complexity index is 942. The van der Waals surface area contributed by atoms with Crippen LogP contribution >= 0.6 is 11.6 Å². The predicted molar refractivity (Wildman–Crippen MR) is 127 cm³/mol. The fourth-order valence-electron chi connectivity index (χ4n) is 6.15. The minimum absolute atomic E-state index is 0.0758. The fourth-order valence-corrected chi connectivity index (χ4v) is 8.16. The van der Waals surface area contributed by atoms with Gasteiger partial charge in [-0.1, -0.05) is 31.9 Å². The van der Waals surface area contributed by atoms with Crippen molar-refractivity contribution in [1.29, 1.82) is 0 Å². The molecule has 3 fully saturated rings. The average Bonchev–Trinajstić information content (AvgIpc) is 2.76. The molecule has 1 saturated carbocycles. The summed E-state index contributed by atoms with van der Waals surface area (Å²) < 4.78 is 34.8. The van der Waals surface area contributed by atoms with Crippen molar-refractivity contribution in [2.75, 3.05) is 0 Å². The van der Waals surface area contributed by atoms with Crippen LogP contribution in [0.1, 0.15) is 78.1 Å². The number of carbonyl (C=O) groups is 1. The predicted octanol–water partition coefficient (Wildman–Crippen LogP) is 4.92. The van der Waals surface area contributed by atoms with E-state index in [1.807, 2.05) is 0 Å². The van der Waals surface area contributed by atoms with Crippen LogP contribution in [0.4, 0.5) is 0 Å². The first kappa shape index (κ1) is 25.0. The number of carbonyl (C=O) groups excluding carboxylic acids is 1. The first-order chi connectivity index (χ1) is 15.6. The summed E-state index contributed by atoms with van der Waals surface area (Å²) in [5, 5.41) is 11.1. The lowest BCUT2D eigenvalue weighted by Crippen LogP contribution is -2.60. The van der Waals surface area contributed by atoms with E-state index in [1.165, 1.54) is 0 Å². The van der Waals surface area contributed by atoms with Crippen molar-refractivity contribution in [3.05, 3.63) is 29.3 Å². The van der Waals surface area contributed by atoms with E-state index in [2.05, 4.69) is 13.8 Å². The van der Waals surface area contributed by atoms with E-state index in [-0.39, 0.29) is 28.9 Å². The Morgan fingerprint density at radius 2 is 1.82 bits per heavy atom. The molecule has 3 aliphatic rings. The number of sulfonamides is 1. The van der Waals surface area contributed by atoms with E-state index in [1.54, 1.807) is 28.6 Å². The largest absolute Gasteiger partial charge is 0.460 e. The summed E-state index contributed by atoms with van der Waals surface area (Å²) in [6.07, 6.45) is 6.61. The zero-order chi connectivity index (χ0) is 23.8.